The summed E-state index contributed by atoms with van der Waals surface area (Å²) in [5.74, 6) is 1.99. The summed E-state index contributed by atoms with van der Waals surface area (Å²) in [6.45, 7) is 8.02. The first-order chi connectivity index (χ1) is 14.6. The zero-order chi connectivity index (χ0) is 21.0. The molecule has 7 heteroatoms. The average molecular weight is 409 g/mol. The monoisotopic (exact) mass is 409 g/mol. The van der Waals surface area contributed by atoms with Gasteiger partial charge in [0.15, 0.2) is 0 Å². The van der Waals surface area contributed by atoms with E-state index in [-0.39, 0.29) is 5.60 Å². The molecule has 1 aromatic carbocycles. The van der Waals surface area contributed by atoms with Crippen LogP contribution in [0, 0.1) is 11.3 Å². The van der Waals surface area contributed by atoms with E-state index in [0.29, 0.717) is 50.9 Å². The largest absolute Gasteiger partial charge is 0.490 e. The minimum Gasteiger partial charge on any atom is -0.490 e. The lowest BCUT2D eigenvalue weighted by molar-refractivity contribution is -0.0402. The summed E-state index contributed by atoms with van der Waals surface area (Å²) >= 11 is 0. The molecule has 1 saturated heterocycles. The number of pyridine rings is 1. The fraction of sp³-hybridized carbons (Fsp3) is 0.478. The molecular formula is C23H27N3O4. The average Bonchev–Trinajstić information content (AvgIpc) is 2.76. The van der Waals surface area contributed by atoms with E-state index in [1.165, 1.54) is 0 Å². The molecule has 0 aliphatic carbocycles. The molecule has 0 saturated carbocycles. The first kappa shape index (κ1) is 20.5. The van der Waals surface area contributed by atoms with E-state index in [9.17, 15) is 5.26 Å². The van der Waals surface area contributed by atoms with Crippen LogP contribution in [-0.4, -0.2) is 50.1 Å². The first-order valence-electron chi connectivity index (χ1n) is 10.3. The van der Waals surface area contributed by atoms with Crippen LogP contribution in [0.25, 0.3) is 0 Å². The molecule has 0 N–H and O–H groups in total. The number of ether oxygens (including phenoxy) is 4. The van der Waals surface area contributed by atoms with Gasteiger partial charge in [0, 0.05) is 25.1 Å². The molecule has 0 atom stereocenters. The number of anilines is 1. The Bertz CT molecular complexity index is 918. The molecule has 3 heterocycles. The maximum atomic E-state index is 9.90. The highest BCUT2D eigenvalue weighted by Gasteiger charge is 2.34. The third-order valence-corrected chi connectivity index (χ3v) is 5.32. The minimum absolute atomic E-state index is 0.303. The number of hydrogen-bond donors (Lipinski definition) is 0. The molecule has 0 spiro atoms. The fourth-order valence-corrected chi connectivity index (χ4v) is 3.80. The van der Waals surface area contributed by atoms with Crippen molar-refractivity contribution in [3.63, 3.8) is 0 Å². The first-order valence-corrected chi connectivity index (χ1v) is 10.3. The van der Waals surface area contributed by atoms with Crippen molar-refractivity contribution in [3.8, 4) is 17.7 Å². The van der Waals surface area contributed by atoms with Crippen LogP contribution >= 0.6 is 0 Å². The molecule has 7 nitrogen and oxygen atoms in total. The molecule has 0 radical (unpaired) electrons. The number of nitrogens with zero attached hydrogens (tertiary/aromatic N) is 3. The molecular weight excluding hydrogens is 382 g/mol. The summed E-state index contributed by atoms with van der Waals surface area (Å²) in [5.41, 5.74) is 2.12. The predicted molar refractivity (Wildman–Crippen MR) is 112 cm³/mol. The summed E-state index contributed by atoms with van der Waals surface area (Å²) in [4.78, 5) is 6.96. The molecule has 4 rings (SSSR count). The standard InChI is InChI=1S/C23H27N3O4/c1-23(2)14-18-19(15-24)22(29-13-12-28-17-6-4-3-5-7-17)25-21(20(18)16-30-23)26-8-10-27-11-9-26/h3-7H,8-14,16H2,1-2H3. The van der Waals surface area contributed by atoms with Crippen LogP contribution in [0.4, 0.5) is 5.82 Å². The Balaban J connectivity index is 1.59. The number of fused-ring (bicyclic) bond motifs is 1. The van der Waals surface area contributed by atoms with Gasteiger partial charge in [0.1, 0.15) is 36.4 Å². The van der Waals surface area contributed by atoms with Crippen molar-refractivity contribution in [2.75, 3.05) is 44.4 Å². The van der Waals surface area contributed by atoms with E-state index in [0.717, 1.165) is 35.8 Å². The van der Waals surface area contributed by atoms with Crippen molar-refractivity contribution < 1.29 is 18.9 Å². The fourth-order valence-electron chi connectivity index (χ4n) is 3.80. The summed E-state index contributed by atoms with van der Waals surface area (Å²) in [7, 11) is 0. The van der Waals surface area contributed by atoms with Crippen LogP contribution in [0.1, 0.15) is 30.5 Å². The highest BCUT2D eigenvalue weighted by atomic mass is 16.5. The third kappa shape index (κ3) is 4.50. The summed E-state index contributed by atoms with van der Waals surface area (Å²) in [5, 5.41) is 9.90. The smallest absolute Gasteiger partial charge is 0.234 e. The van der Waals surface area contributed by atoms with Crippen molar-refractivity contribution in [3.05, 3.63) is 47.0 Å². The Morgan fingerprint density at radius 1 is 1.10 bits per heavy atom. The number of hydrogen-bond acceptors (Lipinski definition) is 7. The molecule has 158 valence electrons. The van der Waals surface area contributed by atoms with Gasteiger partial charge in [-0.1, -0.05) is 18.2 Å². The normalized spacial score (nSPS) is 17.7. The van der Waals surface area contributed by atoms with E-state index in [1.807, 2.05) is 44.2 Å². The Labute approximate surface area is 177 Å². The van der Waals surface area contributed by atoms with Crippen LogP contribution in [-0.2, 0) is 22.5 Å². The maximum Gasteiger partial charge on any atom is 0.234 e. The highest BCUT2D eigenvalue weighted by molar-refractivity contribution is 5.61. The van der Waals surface area contributed by atoms with E-state index in [2.05, 4.69) is 11.0 Å². The minimum atomic E-state index is -0.337. The lowest BCUT2D eigenvalue weighted by atomic mass is 9.89. The van der Waals surface area contributed by atoms with Crippen LogP contribution < -0.4 is 14.4 Å². The van der Waals surface area contributed by atoms with Gasteiger partial charge >= 0.3 is 0 Å². The summed E-state index contributed by atoms with van der Waals surface area (Å²) in [6.07, 6.45) is 0.641. The van der Waals surface area contributed by atoms with Gasteiger partial charge in [0.2, 0.25) is 5.88 Å². The van der Waals surface area contributed by atoms with Gasteiger partial charge in [-0.25, -0.2) is 0 Å². The van der Waals surface area contributed by atoms with Gasteiger partial charge < -0.3 is 23.8 Å². The second-order valence-electron chi connectivity index (χ2n) is 8.02. The van der Waals surface area contributed by atoms with E-state index in [1.54, 1.807) is 0 Å². The molecule has 1 fully saturated rings. The molecule has 30 heavy (non-hydrogen) atoms. The summed E-state index contributed by atoms with van der Waals surface area (Å²) in [6, 6.07) is 11.9. The molecule has 0 bridgehead atoms. The van der Waals surface area contributed by atoms with E-state index in [4.69, 9.17) is 23.9 Å². The zero-order valence-corrected chi connectivity index (χ0v) is 17.5. The van der Waals surface area contributed by atoms with Gasteiger partial charge in [-0.3, -0.25) is 0 Å². The second-order valence-corrected chi connectivity index (χ2v) is 8.02. The third-order valence-electron chi connectivity index (χ3n) is 5.32. The van der Waals surface area contributed by atoms with Crippen molar-refractivity contribution in [1.29, 1.82) is 5.26 Å². The molecule has 0 unspecified atom stereocenters. The Morgan fingerprint density at radius 2 is 1.83 bits per heavy atom. The number of para-hydroxylation sites is 1. The van der Waals surface area contributed by atoms with Gasteiger partial charge in [0.25, 0.3) is 0 Å². The number of nitriles is 1. The summed E-state index contributed by atoms with van der Waals surface area (Å²) < 4.78 is 23.2. The molecule has 2 aliphatic heterocycles. The van der Waals surface area contributed by atoms with Crippen molar-refractivity contribution >= 4 is 5.82 Å². The molecule has 0 amide bonds. The quantitative estimate of drug-likeness (QED) is 0.679. The van der Waals surface area contributed by atoms with E-state index >= 15 is 0 Å². The molecule has 2 aromatic rings. The Kier molecular flexibility index (Phi) is 6.07. The van der Waals surface area contributed by atoms with Gasteiger partial charge in [-0.2, -0.15) is 10.2 Å². The van der Waals surface area contributed by atoms with Gasteiger partial charge in [-0.15, -0.1) is 0 Å². The molecule has 2 aliphatic rings. The Morgan fingerprint density at radius 3 is 2.57 bits per heavy atom. The number of benzene rings is 1. The van der Waals surface area contributed by atoms with Crippen LogP contribution in [0.15, 0.2) is 30.3 Å². The molecule has 1 aromatic heterocycles. The number of rotatable bonds is 6. The predicted octanol–water partition coefficient (Wildman–Crippen LogP) is 3.10. The maximum absolute atomic E-state index is 9.90. The van der Waals surface area contributed by atoms with Crippen molar-refractivity contribution in [2.45, 2.75) is 32.5 Å². The number of aromatic nitrogens is 1. The topological polar surface area (TPSA) is 76.8 Å². The lowest BCUT2D eigenvalue weighted by Crippen LogP contribution is -2.39. The zero-order valence-electron chi connectivity index (χ0n) is 17.5. The van der Waals surface area contributed by atoms with E-state index < -0.39 is 0 Å². The van der Waals surface area contributed by atoms with Gasteiger partial charge in [0.05, 0.1) is 25.4 Å². The highest BCUT2D eigenvalue weighted by Crippen LogP contribution is 2.38. The lowest BCUT2D eigenvalue weighted by Gasteiger charge is -2.36. The van der Waals surface area contributed by atoms with Gasteiger partial charge in [-0.05, 0) is 31.5 Å². The van der Waals surface area contributed by atoms with Crippen molar-refractivity contribution in [1.82, 2.24) is 4.98 Å². The van der Waals surface area contributed by atoms with Crippen LogP contribution in [0.3, 0.4) is 0 Å². The van der Waals surface area contributed by atoms with Crippen LogP contribution in [0.2, 0.25) is 0 Å². The Hall–Kier alpha value is -2.82. The van der Waals surface area contributed by atoms with Crippen LogP contribution in [0.5, 0.6) is 11.6 Å². The number of morpholine rings is 1. The van der Waals surface area contributed by atoms with Crippen molar-refractivity contribution in [2.24, 2.45) is 0 Å². The SMILES string of the molecule is CC1(C)Cc2c(C#N)c(OCCOc3ccccc3)nc(N3CCOCC3)c2CO1. The second kappa shape index (κ2) is 8.90.